The lowest BCUT2D eigenvalue weighted by Crippen LogP contribution is -2.55. The molecular formula is C19H38N2. The fourth-order valence-electron chi connectivity index (χ4n) is 4.59. The maximum Gasteiger partial charge on any atom is 0.0252 e. The zero-order valence-electron chi connectivity index (χ0n) is 15.3. The summed E-state index contributed by atoms with van der Waals surface area (Å²) in [5.41, 5.74) is 0.465. The molecule has 0 spiro atoms. The normalized spacial score (nSPS) is 33.6. The Morgan fingerprint density at radius 2 is 1.62 bits per heavy atom. The van der Waals surface area contributed by atoms with Crippen LogP contribution in [0.2, 0.25) is 0 Å². The van der Waals surface area contributed by atoms with E-state index in [-0.39, 0.29) is 0 Å². The molecule has 0 aromatic heterocycles. The van der Waals surface area contributed by atoms with Crippen LogP contribution in [-0.4, -0.2) is 37.1 Å². The van der Waals surface area contributed by atoms with Gasteiger partial charge < -0.3 is 5.32 Å². The highest BCUT2D eigenvalue weighted by Crippen LogP contribution is 2.40. The summed E-state index contributed by atoms with van der Waals surface area (Å²) >= 11 is 0. The van der Waals surface area contributed by atoms with Gasteiger partial charge in [0.1, 0.15) is 0 Å². The molecule has 2 aliphatic rings. The van der Waals surface area contributed by atoms with Crippen molar-refractivity contribution in [3.05, 3.63) is 0 Å². The van der Waals surface area contributed by atoms with Gasteiger partial charge in [-0.25, -0.2) is 0 Å². The minimum atomic E-state index is 0.465. The van der Waals surface area contributed by atoms with Crippen LogP contribution in [0.5, 0.6) is 0 Å². The molecule has 2 fully saturated rings. The SMILES string of the molecule is CNC1CCC(C(C)(C)C)CC1N1CCC(C(C)C)CC1. The van der Waals surface area contributed by atoms with E-state index in [4.69, 9.17) is 0 Å². The van der Waals surface area contributed by atoms with Crippen molar-refractivity contribution in [3.63, 3.8) is 0 Å². The van der Waals surface area contributed by atoms with Gasteiger partial charge in [-0.2, -0.15) is 0 Å². The third kappa shape index (κ3) is 4.22. The molecule has 2 rings (SSSR count). The van der Waals surface area contributed by atoms with Gasteiger partial charge in [0.15, 0.2) is 0 Å². The second-order valence-electron chi connectivity index (χ2n) is 8.96. The summed E-state index contributed by atoms with van der Waals surface area (Å²) < 4.78 is 0. The lowest BCUT2D eigenvalue weighted by Gasteiger charge is -2.48. The Hall–Kier alpha value is -0.0800. The second kappa shape index (κ2) is 7.00. The fraction of sp³-hybridized carbons (Fsp3) is 1.00. The Bertz CT molecular complexity index is 310. The highest BCUT2D eigenvalue weighted by atomic mass is 15.2. The van der Waals surface area contributed by atoms with E-state index in [2.05, 4.69) is 51.9 Å². The Morgan fingerprint density at radius 3 is 2.10 bits per heavy atom. The Morgan fingerprint density at radius 1 is 1.00 bits per heavy atom. The van der Waals surface area contributed by atoms with E-state index in [0.29, 0.717) is 11.5 Å². The molecule has 1 aliphatic heterocycles. The van der Waals surface area contributed by atoms with Crippen molar-refractivity contribution in [2.24, 2.45) is 23.2 Å². The molecule has 1 heterocycles. The smallest absolute Gasteiger partial charge is 0.0252 e. The van der Waals surface area contributed by atoms with Crippen molar-refractivity contribution in [2.45, 2.75) is 78.8 Å². The largest absolute Gasteiger partial charge is 0.315 e. The maximum atomic E-state index is 3.62. The highest BCUT2D eigenvalue weighted by Gasteiger charge is 2.39. The van der Waals surface area contributed by atoms with Gasteiger partial charge in [0.25, 0.3) is 0 Å². The summed E-state index contributed by atoms with van der Waals surface area (Å²) in [4.78, 5) is 2.82. The first kappa shape index (κ1) is 17.3. The van der Waals surface area contributed by atoms with E-state index in [1.165, 1.54) is 45.2 Å². The maximum absolute atomic E-state index is 3.62. The van der Waals surface area contributed by atoms with Crippen LogP contribution in [-0.2, 0) is 0 Å². The molecule has 2 heteroatoms. The number of likely N-dealkylation sites (N-methyl/N-ethyl adjacent to an activating group) is 1. The Balaban J connectivity index is 1.98. The predicted octanol–water partition coefficient (Wildman–Crippen LogP) is 4.16. The van der Waals surface area contributed by atoms with Crippen LogP contribution in [0.15, 0.2) is 0 Å². The summed E-state index contributed by atoms with van der Waals surface area (Å²) in [6.07, 6.45) is 6.96. The number of hydrogen-bond donors (Lipinski definition) is 1. The molecule has 3 atom stereocenters. The van der Waals surface area contributed by atoms with Crippen molar-refractivity contribution in [2.75, 3.05) is 20.1 Å². The van der Waals surface area contributed by atoms with Crippen LogP contribution < -0.4 is 5.32 Å². The molecule has 1 saturated carbocycles. The molecule has 21 heavy (non-hydrogen) atoms. The lowest BCUT2D eigenvalue weighted by atomic mass is 9.69. The first-order valence-corrected chi connectivity index (χ1v) is 9.24. The van der Waals surface area contributed by atoms with Gasteiger partial charge in [0.2, 0.25) is 0 Å². The molecule has 0 bridgehead atoms. The average molecular weight is 295 g/mol. The van der Waals surface area contributed by atoms with Crippen LogP contribution in [0.4, 0.5) is 0 Å². The van der Waals surface area contributed by atoms with Crippen LogP contribution in [0.25, 0.3) is 0 Å². The third-order valence-corrected chi connectivity index (χ3v) is 6.40. The monoisotopic (exact) mass is 294 g/mol. The number of nitrogens with zero attached hydrogens (tertiary/aromatic N) is 1. The molecule has 2 nitrogen and oxygen atoms in total. The first-order chi connectivity index (χ1) is 9.82. The molecule has 3 unspecified atom stereocenters. The van der Waals surface area contributed by atoms with E-state index in [9.17, 15) is 0 Å². The number of piperidine rings is 1. The van der Waals surface area contributed by atoms with Crippen LogP contribution in [0, 0.1) is 23.2 Å². The van der Waals surface area contributed by atoms with Crippen molar-refractivity contribution < 1.29 is 0 Å². The standard InChI is InChI=1S/C19H38N2/c1-14(2)15-9-11-21(12-10-15)18-13-16(19(3,4)5)7-8-17(18)20-6/h14-18,20H,7-13H2,1-6H3. The molecule has 1 aliphatic carbocycles. The number of likely N-dealkylation sites (tertiary alicyclic amines) is 1. The topological polar surface area (TPSA) is 15.3 Å². The number of rotatable bonds is 3. The Labute approximate surface area is 133 Å². The number of hydrogen-bond acceptors (Lipinski definition) is 2. The minimum Gasteiger partial charge on any atom is -0.315 e. The molecule has 124 valence electrons. The molecule has 0 amide bonds. The van der Waals surface area contributed by atoms with Gasteiger partial charge in [-0.15, -0.1) is 0 Å². The van der Waals surface area contributed by atoms with E-state index in [1.807, 2.05) is 0 Å². The van der Waals surface area contributed by atoms with E-state index < -0.39 is 0 Å². The molecule has 0 aromatic carbocycles. The van der Waals surface area contributed by atoms with Crippen molar-refractivity contribution in [1.82, 2.24) is 10.2 Å². The van der Waals surface area contributed by atoms with Gasteiger partial charge in [0, 0.05) is 12.1 Å². The van der Waals surface area contributed by atoms with Crippen molar-refractivity contribution in [1.29, 1.82) is 0 Å². The molecule has 0 radical (unpaired) electrons. The quantitative estimate of drug-likeness (QED) is 0.841. The second-order valence-corrected chi connectivity index (χ2v) is 8.96. The minimum absolute atomic E-state index is 0.465. The van der Waals surface area contributed by atoms with Crippen molar-refractivity contribution in [3.8, 4) is 0 Å². The Kier molecular flexibility index (Phi) is 5.76. The lowest BCUT2D eigenvalue weighted by molar-refractivity contribution is 0.0344. The van der Waals surface area contributed by atoms with Gasteiger partial charge in [-0.05, 0) is 75.4 Å². The molecule has 1 saturated heterocycles. The highest BCUT2D eigenvalue weighted by molar-refractivity contribution is 4.95. The summed E-state index contributed by atoms with van der Waals surface area (Å²) in [5.74, 6) is 2.70. The van der Waals surface area contributed by atoms with Gasteiger partial charge in [-0.3, -0.25) is 4.90 Å². The van der Waals surface area contributed by atoms with E-state index >= 15 is 0 Å². The zero-order valence-corrected chi connectivity index (χ0v) is 15.3. The van der Waals surface area contributed by atoms with Crippen LogP contribution >= 0.6 is 0 Å². The zero-order chi connectivity index (χ0) is 15.6. The van der Waals surface area contributed by atoms with Crippen molar-refractivity contribution >= 4 is 0 Å². The van der Waals surface area contributed by atoms with Gasteiger partial charge in [-0.1, -0.05) is 34.6 Å². The third-order valence-electron chi connectivity index (χ3n) is 6.40. The molecule has 0 aromatic rings. The molecular weight excluding hydrogens is 256 g/mol. The predicted molar refractivity (Wildman–Crippen MR) is 92.6 cm³/mol. The fourth-order valence-corrected chi connectivity index (χ4v) is 4.59. The van der Waals surface area contributed by atoms with E-state index in [0.717, 1.165) is 23.8 Å². The number of nitrogens with one attached hydrogen (secondary N) is 1. The summed E-state index contributed by atoms with van der Waals surface area (Å²) in [6.45, 7) is 14.7. The van der Waals surface area contributed by atoms with Gasteiger partial charge in [0.05, 0.1) is 0 Å². The average Bonchev–Trinajstić information content (AvgIpc) is 2.45. The summed E-state index contributed by atoms with van der Waals surface area (Å²) in [7, 11) is 2.16. The summed E-state index contributed by atoms with van der Waals surface area (Å²) in [6, 6.07) is 1.47. The molecule has 1 N–H and O–H groups in total. The van der Waals surface area contributed by atoms with E-state index in [1.54, 1.807) is 0 Å². The van der Waals surface area contributed by atoms with Gasteiger partial charge >= 0.3 is 0 Å². The summed E-state index contributed by atoms with van der Waals surface area (Å²) in [5, 5.41) is 3.62. The van der Waals surface area contributed by atoms with Crippen LogP contribution in [0.1, 0.15) is 66.7 Å². The van der Waals surface area contributed by atoms with Crippen LogP contribution in [0.3, 0.4) is 0 Å². The first-order valence-electron chi connectivity index (χ1n) is 9.24.